The summed E-state index contributed by atoms with van der Waals surface area (Å²) in [5.74, 6) is 1.13. The summed E-state index contributed by atoms with van der Waals surface area (Å²) < 4.78 is 35.4. The molecule has 154 valence electrons. The SMILES string of the molecule is Cc1nc(-c2ccc(S(=O)(=O)Nc3cccc(-c4cn5cccnc5n4)c3)cc2)co1. The summed E-state index contributed by atoms with van der Waals surface area (Å²) in [6.45, 7) is 1.75. The predicted molar refractivity (Wildman–Crippen MR) is 116 cm³/mol. The fourth-order valence-electron chi connectivity index (χ4n) is 3.23. The summed E-state index contributed by atoms with van der Waals surface area (Å²) in [6, 6.07) is 15.4. The first-order valence-corrected chi connectivity index (χ1v) is 10.9. The van der Waals surface area contributed by atoms with Crippen LogP contribution >= 0.6 is 0 Å². The van der Waals surface area contributed by atoms with Crippen molar-refractivity contribution in [1.82, 2.24) is 19.4 Å². The number of aromatic nitrogens is 4. The molecule has 0 aliphatic rings. The van der Waals surface area contributed by atoms with Crippen LogP contribution < -0.4 is 4.72 Å². The lowest BCUT2D eigenvalue weighted by molar-refractivity contribution is 0.521. The highest BCUT2D eigenvalue weighted by Crippen LogP contribution is 2.25. The molecule has 9 heteroatoms. The van der Waals surface area contributed by atoms with E-state index in [-0.39, 0.29) is 4.90 Å². The van der Waals surface area contributed by atoms with Crippen LogP contribution in [0.25, 0.3) is 28.3 Å². The first-order chi connectivity index (χ1) is 15.0. The molecule has 0 unspecified atom stereocenters. The van der Waals surface area contributed by atoms with Gasteiger partial charge in [-0.3, -0.25) is 9.12 Å². The molecule has 31 heavy (non-hydrogen) atoms. The lowest BCUT2D eigenvalue weighted by atomic mass is 10.1. The molecule has 0 amide bonds. The van der Waals surface area contributed by atoms with Gasteiger partial charge in [-0.1, -0.05) is 24.3 Å². The van der Waals surface area contributed by atoms with Gasteiger partial charge in [-0.25, -0.2) is 23.4 Å². The molecule has 3 aromatic heterocycles. The van der Waals surface area contributed by atoms with E-state index in [9.17, 15) is 8.42 Å². The van der Waals surface area contributed by atoms with E-state index in [2.05, 4.69) is 19.7 Å². The zero-order valence-corrected chi connectivity index (χ0v) is 17.2. The number of oxazole rings is 1. The Morgan fingerprint density at radius 2 is 1.81 bits per heavy atom. The number of nitrogens with zero attached hydrogens (tertiary/aromatic N) is 4. The first-order valence-electron chi connectivity index (χ1n) is 9.43. The highest BCUT2D eigenvalue weighted by Gasteiger charge is 2.16. The number of sulfonamides is 1. The molecule has 0 aliphatic carbocycles. The zero-order valence-electron chi connectivity index (χ0n) is 16.4. The minimum atomic E-state index is -3.76. The number of benzene rings is 2. The van der Waals surface area contributed by atoms with E-state index in [0.29, 0.717) is 28.7 Å². The Bertz CT molecular complexity index is 1450. The fraction of sp³-hybridized carbons (Fsp3) is 0.0455. The number of imidazole rings is 1. The maximum Gasteiger partial charge on any atom is 0.261 e. The zero-order chi connectivity index (χ0) is 21.4. The van der Waals surface area contributed by atoms with E-state index in [0.717, 1.165) is 11.1 Å². The lowest BCUT2D eigenvalue weighted by Gasteiger charge is -2.09. The molecule has 0 saturated carbocycles. The summed E-state index contributed by atoms with van der Waals surface area (Å²) in [5.41, 5.74) is 3.36. The molecular weight excluding hydrogens is 414 g/mol. The lowest BCUT2D eigenvalue weighted by Crippen LogP contribution is -2.12. The second-order valence-electron chi connectivity index (χ2n) is 6.92. The molecule has 0 saturated heterocycles. The maximum absolute atomic E-state index is 12.9. The van der Waals surface area contributed by atoms with Crippen LogP contribution in [0.1, 0.15) is 5.89 Å². The molecular formula is C22H17N5O3S. The van der Waals surface area contributed by atoms with E-state index in [1.807, 2.05) is 28.9 Å². The number of nitrogens with one attached hydrogen (secondary N) is 1. The van der Waals surface area contributed by atoms with Crippen LogP contribution in [0.4, 0.5) is 5.69 Å². The minimum Gasteiger partial charge on any atom is -0.449 e. The molecule has 8 nitrogen and oxygen atoms in total. The van der Waals surface area contributed by atoms with Crippen molar-refractivity contribution in [2.24, 2.45) is 0 Å². The molecule has 1 N–H and O–H groups in total. The number of anilines is 1. The average Bonchev–Trinajstić information content (AvgIpc) is 3.40. The average molecular weight is 431 g/mol. The van der Waals surface area contributed by atoms with E-state index in [1.165, 1.54) is 6.26 Å². The van der Waals surface area contributed by atoms with Crippen molar-refractivity contribution in [2.75, 3.05) is 4.72 Å². The van der Waals surface area contributed by atoms with Gasteiger partial charge in [0.1, 0.15) is 12.0 Å². The Labute approximate surface area is 178 Å². The Kier molecular flexibility index (Phi) is 4.52. The molecule has 0 fully saturated rings. The van der Waals surface area contributed by atoms with Crippen LogP contribution in [-0.4, -0.2) is 27.8 Å². The summed E-state index contributed by atoms with van der Waals surface area (Å²) in [6.07, 6.45) is 6.92. The summed E-state index contributed by atoms with van der Waals surface area (Å²) in [4.78, 5) is 13.1. The smallest absolute Gasteiger partial charge is 0.261 e. The molecule has 3 heterocycles. The van der Waals surface area contributed by atoms with E-state index < -0.39 is 10.0 Å². The summed E-state index contributed by atoms with van der Waals surface area (Å²) in [7, 11) is -3.76. The Morgan fingerprint density at radius 3 is 2.55 bits per heavy atom. The van der Waals surface area contributed by atoms with Gasteiger partial charge in [-0.15, -0.1) is 0 Å². The first kappa shape index (κ1) is 19.0. The third-order valence-electron chi connectivity index (χ3n) is 4.73. The maximum atomic E-state index is 12.9. The number of fused-ring (bicyclic) bond motifs is 1. The third kappa shape index (κ3) is 3.78. The minimum absolute atomic E-state index is 0.152. The van der Waals surface area contributed by atoms with Crippen molar-refractivity contribution in [2.45, 2.75) is 11.8 Å². The monoisotopic (exact) mass is 431 g/mol. The number of rotatable bonds is 5. The van der Waals surface area contributed by atoms with Gasteiger partial charge < -0.3 is 4.42 Å². The molecule has 0 spiro atoms. The van der Waals surface area contributed by atoms with Gasteiger partial charge in [0.2, 0.25) is 5.78 Å². The van der Waals surface area contributed by atoms with Gasteiger partial charge >= 0.3 is 0 Å². The molecule has 5 rings (SSSR count). The van der Waals surface area contributed by atoms with Crippen molar-refractivity contribution >= 4 is 21.5 Å². The fourth-order valence-corrected chi connectivity index (χ4v) is 4.28. The summed E-state index contributed by atoms with van der Waals surface area (Å²) in [5, 5.41) is 0. The molecule has 0 aliphatic heterocycles. The molecule has 0 atom stereocenters. The molecule has 2 aromatic carbocycles. The highest BCUT2D eigenvalue weighted by atomic mass is 32.2. The quantitative estimate of drug-likeness (QED) is 0.448. The topological polar surface area (TPSA) is 102 Å². The van der Waals surface area contributed by atoms with Crippen LogP contribution in [0.15, 0.2) is 88.8 Å². The van der Waals surface area contributed by atoms with E-state index in [1.54, 1.807) is 55.6 Å². The summed E-state index contributed by atoms with van der Waals surface area (Å²) >= 11 is 0. The van der Waals surface area contributed by atoms with Crippen LogP contribution in [0.3, 0.4) is 0 Å². The van der Waals surface area contributed by atoms with Gasteiger partial charge in [0.05, 0.1) is 10.6 Å². The number of hydrogen-bond donors (Lipinski definition) is 1. The second-order valence-corrected chi connectivity index (χ2v) is 8.60. The van der Waals surface area contributed by atoms with Gasteiger partial charge in [-0.2, -0.15) is 0 Å². The van der Waals surface area contributed by atoms with Gasteiger partial charge in [0.15, 0.2) is 5.89 Å². The van der Waals surface area contributed by atoms with Crippen molar-refractivity contribution in [3.8, 4) is 22.5 Å². The Morgan fingerprint density at radius 1 is 0.968 bits per heavy atom. The van der Waals surface area contributed by atoms with E-state index >= 15 is 0 Å². The van der Waals surface area contributed by atoms with Crippen LogP contribution in [0, 0.1) is 6.92 Å². The highest BCUT2D eigenvalue weighted by molar-refractivity contribution is 7.92. The van der Waals surface area contributed by atoms with E-state index in [4.69, 9.17) is 4.42 Å². The second kappa shape index (κ2) is 7.37. The Hall–Kier alpha value is -3.98. The van der Waals surface area contributed by atoms with Crippen LogP contribution in [-0.2, 0) is 10.0 Å². The predicted octanol–water partition coefficient (Wildman–Crippen LogP) is 4.16. The Balaban J connectivity index is 1.40. The van der Waals surface area contributed by atoms with Gasteiger partial charge in [0, 0.05) is 42.3 Å². The van der Waals surface area contributed by atoms with Gasteiger partial charge in [-0.05, 0) is 30.3 Å². The van der Waals surface area contributed by atoms with Crippen molar-refractivity contribution in [1.29, 1.82) is 0 Å². The van der Waals surface area contributed by atoms with Crippen molar-refractivity contribution in [3.63, 3.8) is 0 Å². The molecule has 0 bridgehead atoms. The van der Waals surface area contributed by atoms with Crippen LogP contribution in [0.5, 0.6) is 0 Å². The standard InChI is InChI=1S/C22H17N5O3S/c1-15-24-21(14-30-15)16-6-8-19(9-7-16)31(28,29)26-18-5-2-4-17(12-18)20-13-27-11-3-10-23-22(27)25-20/h2-14,26H,1H3. The van der Waals surface area contributed by atoms with Crippen LogP contribution in [0.2, 0.25) is 0 Å². The molecule has 5 aromatic rings. The largest absolute Gasteiger partial charge is 0.449 e. The number of aryl methyl sites for hydroxylation is 1. The third-order valence-corrected chi connectivity index (χ3v) is 6.12. The number of hydrogen-bond acceptors (Lipinski definition) is 6. The molecule has 0 radical (unpaired) electrons. The van der Waals surface area contributed by atoms with Crippen molar-refractivity contribution < 1.29 is 12.8 Å². The normalized spacial score (nSPS) is 11.6. The van der Waals surface area contributed by atoms with Gasteiger partial charge in [0.25, 0.3) is 10.0 Å². The van der Waals surface area contributed by atoms with Crippen molar-refractivity contribution in [3.05, 3.63) is 85.3 Å².